The third-order valence-corrected chi connectivity index (χ3v) is 5.60. The average molecular weight is 413 g/mol. The second kappa shape index (κ2) is 8.32. The van der Waals surface area contributed by atoms with Crippen LogP contribution in [0.25, 0.3) is 0 Å². The number of rotatable bonds is 5. The summed E-state index contributed by atoms with van der Waals surface area (Å²) >= 11 is 0. The number of esters is 1. The van der Waals surface area contributed by atoms with E-state index in [4.69, 9.17) is 10.00 Å². The second-order valence-electron chi connectivity index (χ2n) is 6.60. The number of carbonyl (C=O) groups is 2. The average Bonchev–Trinajstić information content (AvgIpc) is 2.71. The molecule has 0 radical (unpaired) electrons. The van der Waals surface area contributed by atoms with Crippen molar-refractivity contribution in [2.24, 2.45) is 0 Å². The number of hydrogen-bond acceptors (Lipinski definition) is 6. The predicted molar refractivity (Wildman–Crippen MR) is 107 cm³/mol. The molecule has 0 bridgehead atoms. The van der Waals surface area contributed by atoms with Crippen LogP contribution in [0.2, 0.25) is 0 Å². The molecule has 2 aromatic carbocycles. The quantitative estimate of drug-likeness (QED) is 0.750. The summed E-state index contributed by atoms with van der Waals surface area (Å²) < 4.78 is 30.2. The summed E-state index contributed by atoms with van der Waals surface area (Å²) in [6.07, 6.45) is 2.46. The summed E-state index contributed by atoms with van der Waals surface area (Å²) in [4.78, 5) is 24.2. The van der Waals surface area contributed by atoms with Crippen molar-refractivity contribution in [3.05, 3.63) is 59.2 Å². The molecular formula is C20H19N3O5S. The molecule has 0 aliphatic carbocycles. The van der Waals surface area contributed by atoms with Gasteiger partial charge in [0.1, 0.15) is 0 Å². The Labute approximate surface area is 168 Å². The molecular weight excluding hydrogens is 394 g/mol. The molecule has 9 heteroatoms. The van der Waals surface area contributed by atoms with Gasteiger partial charge in [0.05, 0.1) is 29.1 Å². The molecule has 1 aliphatic rings. The standard InChI is InChI=1S/C20H19N3O5S/c1-29(26,27)23-10-2-3-15-11-16(6-9-18(15)23)20(25)28-13-19(24)22-17-7-4-14(12-21)5-8-17/h4-9,11H,2-3,10,13H2,1H3,(H,22,24). The molecule has 3 rings (SSSR count). The number of amides is 1. The van der Waals surface area contributed by atoms with Crippen LogP contribution in [0.4, 0.5) is 11.4 Å². The topological polar surface area (TPSA) is 117 Å². The van der Waals surface area contributed by atoms with Gasteiger partial charge in [0.15, 0.2) is 6.61 Å². The zero-order valence-corrected chi connectivity index (χ0v) is 16.5. The zero-order chi connectivity index (χ0) is 21.0. The number of nitrogens with one attached hydrogen (secondary N) is 1. The highest BCUT2D eigenvalue weighted by Crippen LogP contribution is 2.30. The number of carbonyl (C=O) groups excluding carboxylic acids is 2. The van der Waals surface area contributed by atoms with Crippen molar-refractivity contribution in [3.8, 4) is 6.07 Å². The van der Waals surface area contributed by atoms with Crippen LogP contribution in [0.1, 0.15) is 27.9 Å². The highest BCUT2D eigenvalue weighted by molar-refractivity contribution is 7.92. The van der Waals surface area contributed by atoms with Crippen LogP contribution in [-0.2, 0) is 26.0 Å². The molecule has 1 amide bonds. The Morgan fingerprint density at radius 1 is 1.21 bits per heavy atom. The molecule has 2 aromatic rings. The van der Waals surface area contributed by atoms with Crippen molar-refractivity contribution in [2.75, 3.05) is 29.0 Å². The molecule has 0 saturated heterocycles. The molecule has 8 nitrogen and oxygen atoms in total. The highest BCUT2D eigenvalue weighted by Gasteiger charge is 2.25. The molecule has 0 aromatic heterocycles. The Morgan fingerprint density at radius 3 is 2.59 bits per heavy atom. The number of nitriles is 1. The Kier molecular flexibility index (Phi) is 5.84. The monoisotopic (exact) mass is 413 g/mol. The lowest BCUT2D eigenvalue weighted by molar-refractivity contribution is -0.119. The molecule has 29 heavy (non-hydrogen) atoms. The van der Waals surface area contributed by atoms with Gasteiger partial charge < -0.3 is 10.1 Å². The summed E-state index contributed by atoms with van der Waals surface area (Å²) in [6.45, 7) is -0.0590. The maximum Gasteiger partial charge on any atom is 0.338 e. The first kappa shape index (κ1) is 20.4. The SMILES string of the molecule is CS(=O)(=O)N1CCCc2cc(C(=O)OCC(=O)Nc3ccc(C#N)cc3)ccc21. The minimum absolute atomic E-state index is 0.255. The fourth-order valence-electron chi connectivity index (χ4n) is 3.07. The zero-order valence-electron chi connectivity index (χ0n) is 15.7. The smallest absolute Gasteiger partial charge is 0.338 e. The summed E-state index contributed by atoms with van der Waals surface area (Å²) in [5, 5.41) is 11.3. The van der Waals surface area contributed by atoms with Crippen molar-refractivity contribution in [1.29, 1.82) is 5.26 Å². The molecule has 0 saturated carbocycles. The van der Waals surface area contributed by atoms with Gasteiger partial charge in [0.25, 0.3) is 5.91 Å². The molecule has 1 heterocycles. The van der Waals surface area contributed by atoms with Gasteiger partial charge >= 0.3 is 5.97 Å². The van der Waals surface area contributed by atoms with Gasteiger partial charge in [0.2, 0.25) is 10.0 Å². The molecule has 0 spiro atoms. The predicted octanol–water partition coefficient (Wildman–Crippen LogP) is 2.07. The molecule has 0 fully saturated rings. The van der Waals surface area contributed by atoms with Gasteiger partial charge in [0, 0.05) is 12.2 Å². The van der Waals surface area contributed by atoms with Crippen molar-refractivity contribution >= 4 is 33.3 Å². The first-order chi connectivity index (χ1) is 13.8. The minimum Gasteiger partial charge on any atom is -0.452 e. The van der Waals surface area contributed by atoms with Crippen LogP contribution in [0.15, 0.2) is 42.5 Å². The maximum atomic E-state index is 12.3. The number of benzene rings is 2. The Bertz CT molecular complexity index is 1090. The Balaban J connectivity index is 1.62. The van der Waals surface area contributed by atoms with Crippen LogP contribution in [0.5, 0.6) is 0 Å². The van der Waals surface area contributed by atoms with Crippen LogP contribution < -0.4 is 9.62 Å². The van der Waals surface area contributed by atoms with Gasteiger partial charge in [-0.05, 0) is 60.9 Å². The number of hydrogen-bond donors (Lipinski definition) is 1. The summed E-state index contributed by atoms with van der Waals surface area (Å²) in [5.74, 6) is -1.18. The third kappa shape index (κ3) is 4.92. The molecule has 150 valence electrons. The molecule has 1 N–H and O–H groups in total. The lowest BCUT2D eigenvalue weighted by Crippen LogP contribution is -2.34. The van der Waals surface area contributed by atoms with E-state index in [1.54, 1.807) is 36.4 Å². The van der Waals surface area contributed by atoms with Gasteiger partial charge in [-0.2, -0.15) is 5.26 Å². The first-order valence-electron chi connectivity index (χ1n) is 8.86. The second-order valence-corrected chi connectivity index (χ2v) is 8.50. The molecule has 1 aliphatic heterocycles. The molecule has 0 unspecified atom stereocenters. The van der Waals surface area contributed by atoms with Crippen molar-refractivity contribution < 1.29 is 22.7 Å². The highest BCUT2D eigenvalue weighted by atomic mass is 32.2. The largest absolute Gasteiger partial charge is 0.452 e. The fraction of sp³-hybridized carbons (Fsp3) is 0.250. The minimum atomic E-state index is -3.38. The van der Waals surface area contributed by atoms with Crippen molar-refractivity contribution in [3.63, 3.8) is 0 Å². The Morgan fingerprint density at radius 2 is 1.93 bits per heavy atom. The third-order valence-electron chi connectivity index (χ3n) is 4.42. The van der Waals surface area contributed by atoms with Crippen LogP contribution >= 0.6 is 0 Å². The van der Waals surface area contributed by atoms with E-state index in [9.17, 15) is 18.0 Å². The summed E-state index contributed by atoms with van der Waals surface area (Å²) in [7, 11) is -3.38. The summed E-state index contributed by atoms with van der Waals surface area (Å²) in [5.41, 5.74) is 2.52. The lowest BCUT2D eigenvalue weighted by atomic mass is 10.0. The van der Waals surface area contributed by atoms with E-state index in [1.807, 2.05) is 6.07 Å². The van der Waals surface area contributed by atoms with Gasteiger partial charge in [-0.3, -0.25) is 9.10 Å². The molecule has 0 atom stereocenters. The number of anilines is 2. The van der Waals surface area contributed by atoms with Gasteiger partial charge in [-0.25, -0.2) is 13.2 Å². The lowest BCUT2D eigenvalue weighted by Gasteiger charge is -2.29. The van der Waals surface area contributed by atoms with E-state index in [-0.39, 0.29) is 5.56 Å². The van der Waals surface area contributed by atoms with Gasteiger partial charge in [-0.1, -0.05) is 0 Å². The van der Waals surface area contributed by atoms with Crippen molar-refractivity contribution in [2.45, 2.75) is 12.8 Å². The van der Waals surface area contributed by atoms with Crippen molar-refractivity contribution in [1.82, 2.24) is 0 Å². The first-order valence-corrected chi connectivity index (χ1v) is 10.7. The van der Waals surface area contributed by atoms with E-state index < -0.39 is 28.5 Å². The van der Waals surface area contributed by atoms with Crippen LogP contribution in [0.3, 0.4) is 0 Å². The Hall–Kier alpha value is -3.38. The number of fused-ring (bicyclic) bond motifs is 1. The number of aryl methyl sites for hydroxylation is 1. The van der Waals surface area contributed by atoms with Gasteiger partial charge in [-0.15, -0.1) is 0 Å². The van der Waals surface area contributed by atoms with E-state index in [0.29, 0.717) is 36.3 Å². The number of ether oxygens (including phenoxy) is 1. The van der Waals surface area contributed by atoms with E-state index >= 15 is 0 Å². The summed E-state index contributed by atoms with van der Waals surface area (Å²) in [6, 6.07) is 12.9. The normalized spacial score (nSPS) is 13.2. The maximum absolute atomic E-state index is 12.3. The van der Waals surface area contributed by atoms with Crippen LogP contribution in [0, 0.1) is 11.3 Å². The van der Waals surface area contributed by atoms with E-state index in [0.717, 1.165) is 11.8 Å². The van der Waals surface area contributed by atoms with E-state index in [1.165, 1.54) is 10.4 Å². The van der Waals surface area contributed by atoms with Crippen LogP contribution in [-0.4, -0.2) is 39.7 Å². The number of nitrogens with zero attached hydrogens (tertiary/aromatic N) is 2. The fourth-order valence-corrected chi connectivity index (χ4v) is 4.07. The number of sulfonamides is 1. The van der Waals surface area contributed by atoms with E-state index in [2.05, 4.69) is 5.32 Å².